The van der Waals surface area contributed by atoms with Gasteiger partial charge in [0.1, 0.15) is 6.33 Å². The number of nitrogens with zero attached hydrogens (tertiary/aromatic N) is 3. The molecule has 4 nitrogen and oxygen atoms in total. The highest BCUT2D eigenvalue weighted by Crippen LogP contribution is 2.37. The highest BCUT2D eigenvalue weighted by atomic mass is 15.1. The van der Waals surface area contributed by atoms with Crippen LogP contribution in [0.25, 0.3) is 0 Å². The van der Waals surface area contributed by atoms with Crippen molar-refractivity contribution in [2.24, 2.45) is 5.73 Å². The fourth-order valence-corrected chi connectivity index (χ4v) is 2.58. The minimum absolute atomic E-state index is 0.211. The van der Waals surface area contributed by atoms with Gasteiger partial charge in [-0.2, -0.15) is 0 Å². The van der Waals surface area contributed by atoms with E-state index in [2.05, 4.69) is 21.9 Å². The molecule has 0 spiro atoms. The molecule has 0 unspecified atom stereocenters. The van der Waals surface area contributed by atoms with E-state index in [1.165, 1.54) is 5.56 Å². The number of hydrogen-bond acceptors (Lipinski definition) is 4. The second-order valence-electron chi connectivity index (χ2n) is 4.75. The smallest absolute Gasteiger partial charge is 0.115 e. The molecule has 0 amide bonds. The van der Waals surface area contributed by atoms with Crippen LogP contribution in [0.15, 0.2) is 18.7 Å². The van der Waals surface area contributed by atoms with Crippen LogP contribution < -0.4 is 5.73 Å². The molecule has 0 radical (unpaired) electrons. The molecule has 1 aliphatic rings. The van der Waals surface area contributed by atoms with Gasteiger partial charge in [0.2, 0.25) is 0 Å². The third kappa shape index (κ3) is 2.23. The van der Waals surface area contributed by atoms with Crippen molar-refractivity contribution in [2.45, 2.75) is 24.7 Å². The Kier molecular flexibility index (Phi) is 3.51. The molecule has 0 aliphatic carbocycles. The predicted octanol–water partition coefficient (Wildman–Crippen LogP) is 0.789. The first-order chi connectivity index (χ1) is 7.77. The zero-order valence-electron chi connectivity index (χ0n) is 9.89. The summed E-state index contributed by atoms with van der Waals surface area (Å²) in [5.74, 6) is 0. The van der Waals surface area contributed by atoms with Gasteiger partial charge in [0, 0.05) is 17.8 Å². The van der Waals surface area contributed by atoms with Gasteiger partial charge in [0.25, 0.3) is 0 Å². The molecule has 4 heteroatoms. The monoisotopic (exact) mass is 220 g/mol. The van der Waals surface area contributed by atoms with E-state index in [0.717, 1.165) is 38.9 Å². The maximum absolute atomic E-state index is 5.76. The Morgan fingerprint density at radius 2 is 1.94 bits per heavy atom. The van der Waals surface area contributed by atoms with Gasteiger partial charge in [-0.25, -0.2) is 9.97 Å². The Morgan fingerprint density at radius 3 is 2.50 bits per heavy atom. The van der Waals surface area contributed by atoms with Crippen molar-refractivity contribution in [3.63, 3.8) is 0 Å². The van der Waals surface area contributed by atoms with Crippen LogP contribution in [0.5, 0.6) is 0 Å². The minimum atomic E-state index is 0.211. The predicted molar refractivity (Wildman–Crippen MR) is 64.1 cm³/mol. The van der Waals surface area contributed by atoms with Crippen molar-refractivity contribution in [3.8, 4) is 0 Å². The van der Waals surface area contributed by atoms with Crippen LogP contribution >= 0.6 is 0 Å². The zero-order valence-corrected chi connectivity index (χ0v) is 9.89. The van der Waals surface area contributed by atoms with Gasteiger partial charge in [-0.1, -0.05) is 0 Å². The molecule has 0 atom stereocenters. The first-order valence-electron chi connectivity index (χ1n) is 5.91. The molecule has 2 rings (SSSR count). The van der Waals surface area contributed by atoms with Crippen LogP contribution in [0, 0.1) is 0 Å². The van der Waals surface area contributed by atoms with E-state index < -0.39 is 0 Å². The Hall–Kier alpha value is -1.00. The molecule has 1 aromatic heterocycles. The fourth-order valence-electron chi connectivity index (χ4n) is 2.58. The molecule has 16 heavy (non-hydrogen) atoms. The van der Waals surface area contributed by atoms with Crippen LogP contribution in [-0.2, 0) is 5.41 Å². The number of aromatic nitrogens is 2. The molecule has 88 valence electrons. The normalized spacial score (nSPS) is 20.9. The number of nitrogens with two attached hydrogens (primary N) is 1. The first-order valence-corrected chi connectivity index (χ1v) is 5.91. The molecule has 0 bridgehead atoms. The maximum atomic E-state index is 5.76. The standard InChI is InChI=1S/C12H20N4/c1-16-6-3-12(2-5-13,4-7-16)11-8-14-10-15-9-11/h8-10H,2-7,13H2,1H3. The quantitative estimate of drug-likeness (QED) is 0.818. The molecule has 1 fully saturated rings. The summed E-state index contributed by atoms with van der Waals surface area (Å²) in [5, 5.41) is 0. The summed E-state index contributed by atoms with van der Waals surface area (Å²) in [5.41, 5.74) is 7.23. The van der Waals surface area contributed by atoms with Crippen LogP contribution in [-0.4, -0.2) is 41.5 Å². The highest BCUT2D eigenvalue weighted by molar-refractivity contribution is 5.20. The van der Waals surface area contributed by atoms with Crippen molar-refractivity contribution in [3.05, 3.63) is 24.3 Å². The molecule has 1 saturated heterocycles. The number of hydrogen-bond donors (Lipinski definition) is 1. The lowest BCUT2D eigenvalue weighted by molar-refractivity contribution is 0.179. The third-order valence-electron chi connectivity index (χ3n) is 3.74. The maximum Gasteiger partial charge on any atom is 0.115 e. The van der Waals surface area contributed by atoms with E-state index in [1.54, 1.807) is 6.33 Å². The molecule has 0 saturated carbocycles. The molecule has 1 aromatic rings. The summed E-state index contributed by atoms with van der Waals surface area (Å²) in [6, 6.07) is 0. The third-order valence-corrected chi connectivity index (χ3v) is 3.74. The van der Waals surface area contributed by atoms with E-state index >= 15 is 0 Å². The lowest BCUT2D eigenvalue weighted by Crippen LogP contribution is -2.42. The number of piperidine rings is 1. The van der Waals surface area contributed by atoms with E-state index in [1.807, 2.05) is 12.4 Å². The molecule has 0 aromatic carbocycles. The van der Waals surface area contributed by atoms with Crippen LogP contribution in [0.3, 0.4) is 0 Å². The second-order valence-corrected chi connectivity index (χ2v) is 4.75. The van der Waals surface area contributed by atoms with E-state index in [0.29, 0.717) is 0 Å². The Labute approximate surface area is 96.9 Å². The molecule has 1 aliphatic heterocycles. The number of likely N-dealkylation sites (tertiary alicyclic amines) is 1. The first kappa shape index (κ1) is 11.5. The van der Waals surface area contributed by atoms with Crippen molar-refractivity contribution < 1.29 is 0 Å². The van der Waals surface area contributed by atoms with Gasteiger partial charge in [0.15, 0.2) is 0 Å². The van der Waals surface area contributed by atoms with Crippen LogP contribution in [0.1, 0.15) is 24.8 Å². The Balaban J connectivity index is 2.22. The number of rotatable bonds is 3. The van der Waals surface area contributed by atoms with Gasteiger partial charge >= 0.3 is 0 Å². The SMILES string of the molecule is CN1CCC(CCN)(c2cncnc2)CC1. The van der Waals surface area contributed by atoms with Crippen molar-refractivity contribution >= 4 is 0 Å². The topological polar surface area (TPSA) is 55.0 Å². The summed E-state index contributed by atoms with van der Waals surface area (Å²) < 4.78 is 0. The fraction of sp³-hybridized carbons (Fsp3) is 0.667. The van der Waals surface area contributed by atoms with Crippen molar-refractivity contribution in [2.75, 3.05) is 26.7 Å². The Bertz CT molecular complexity index is 317. The van der Waals surface area contributed by atoms with Gasteiger partial charge < -0.3 is 10.6 Å². The van der Waals surface area contributed by atoms with Gasteiger partial charge in [-0.15, -0.1) is 0 Å². The van der Waals surface area contributed by atoms with Gasteiger partial charge in [0.05, 0.1) is 0 Å². The summed E-state index contributed by atoms with van der Waals surface area (Å²) >= 11 is 0. The molecular formula is C12H20N4. The average molecular weight is 220 g/mol. The highest BCUT2D eigenvalue weighted by Gasteiger charge is 2.34. The van der Waals surface area contributed by atoms with Crippen molar-refractivity contribution in [1.29, 1.82) is 0 Å². The summed E-state index contributed by atoms with van der Waals surface area (Å²) in [7, 11) is 2.17. The van der Waals surface area contributed by atoms with Crippen LogP contribution in [0.4, 0.5) is 0 Å². The van der Waals surface area contributed by atoms with E-state index in [4.69, 9.17) is 5.73 Å². The van der Waals surface area contributed by atoms with Crippen LogP contribution in [0.2, 0.25) is 0 Å². The average Bonchev–Trinajstić information content (AvgIpc) is 2.34. The summed E-state index contributed by atoms with van der Waals surface area (Å²) in [6.45, 7) is 3.00. The largest absolute Gasteiger partial charge is 0.330 e. The minimum Gasteiger partial charge on any atom is -0.330 e. The molecule has 2 N–H and O–H groups in total. The molecule has 2 heterocycles. The van der Waals surface area contributed by atoms with Gasteiger partial charge in [-0.3, -0.25) is 0 Å². The van der Waals surface area contributed by atoms with E-state index in [-0.39, 0.29) is 5.41 Å². The molecular weight excluding hydrogens is 200 g/mol. The van der Waals surface area contributed by atoms with Crippen molar-refractivity contribution in [1.82, 2.24) is 14.9 Å². The zero-order chi connectivity index (χ0) is 11.4. The lowest BCUT2D eigenvalue weighted by Gasteiger charge is -2.40. The summed E-state index contributed by atoms with van der Waals surface area (Å²) in [6.07, 6.45) is 8.85. The summed E-state index contributed by atoms with van der Waals surface area (Å²) in [4.78, 5) is 10.7. The van der Waals surface area contributed by atoms with E-state index in [9.17, 15) is 0 Å². The second kappa shape index (κ2) is 4.89. The Morgan fingerprint density at radius 1 is 1.31 bits per heavy atom. The lowest BCUT2D eigenvalue weighted by atomic mass is 9.71. The van der Waals surface area contributed by atoms with Gasteiger partial charge in [-0.05, 0) is 51.5 Å².